The molecule has 2 N–H and O–H groups in total. The van der Waals surface area contributed by atoms with Gasteiger partial charge in [0.1, 0.15) is 0 Å². The van der Waals surface area contributed by atoms with Gasteiger partial charge in [-0.15, -0.1) is 35.3 Å². The van der Waals surface area contributed by atoms with Crippen molar-refractivity contribution in [1.82, 2.24) is 9.88 Å². The maximum absolute atomic E-state index is 5.88. The molecular weight excluding hydrogens is 335 g/mol. The van der Waals surface area contributed by atoms with Crippen LogP contribution in [0.15, 0.2) is 10.5 Å². The van der Waals surface area contributed by atoms with Gasteiger partial charge < -0.3 is 10.6 Å². The highest BCUT2D eigenvalue weighted by Gasteiger charge is 2.27. The summed E-state index contributed by atoms with van der Waals surface area (Å²) >= 11 is 1.63. The number of hydrogen-bond acceptors (Lipinski definition) is 3. The molecule has 0 saturated heterocycles. The molecule has 0 atom stereocenters. The maximum Gasteiger partial charge on any atom is 0.191 e. The van der Waals surface area contributed by atoms with Gasteiger partial charge in [-0.05, 0) is 19.8 Å². The highest BCUT2D eigenvalue weighted by Crippen LogP contribution is 2.25. The number of aromatic nitrogens is 1. The summed E-state index contributed by atoms with van der Waals surface area (Å²) in [7, 11) is 2.01. The van der Waals surface area contributed by atoms with Gasteiger partial charge in [0.05, 0.1) is 17.7 Å². The molecule has 0 radical (unpaired) electrons. The number of rotatable bonds is 3. The van der Waals surface area contributed by atoms with Crippen molar-refractivity contribution in [2.45, 2.75) is 32.4 Å². The zero-order valence-electron chi connectivity index (χ0n) is 9.51. The second-order valence-electron chi connectivity index (χ2n) is 3.88. The molecule has 1 fully saturated rings. The van der Waals surface area contributed by atoms with E-state index in [4.69, 9.17) is 5.73 Å². The second kappa shape index (κ2) is 5.81. The summed E-state index contributed by atoms with van der Waals surface area (Å²) in [5, 5.41) is 0. The van der Waals surface area contributed by atoms with Crippen LogP contribution in [0.5, 0.6) is 0 Å². The number of nitrogens with two attached hydrogens (primary N) is 1. The third-order valence-electron chi connectivity index (χ3n) is 2.69. The first-order chi connectivity index (χ1) is 7.18. The van der Waals surface area contributed by atoms with Crippen LogP contribution in [0.3, 0.4) is 0 Å². The molecule has 0 aromatic carbocycles. The van der Waals surface area contributed by atoms with Gasteiger partial charge in [-0.1, -0.05) is 0 Å². The number of aryl methyl sites for hydroxylation is 1. The van der Waals surface area contributed by atoms with Gasteiger partial charge in [-0.25, -0.2) is 9.98 Å². The van der Waals surface area contributed by atoms with Crippen LogP contribution >= 0.6 is 35.3 Å². The van der Waals surface area contributed by atoms with Gasteiger partial charge in [0.15, 0.2) is 5.96 Å². The summed E-state index contributed by atoms with van der Waals surface area (Å²) in [5.41, 5.74) is 8.79. The van der Waals surface area contributed by atoms with Crippen molar-refractivity contribution in [3.63, 3.8) is 0 Å². The van der Waals surface area contributed by atoms with E-state index in [0.717, 1.165) is 5.69 Å². The van der Waals surface area contributed by atoms with Crippen molar-refractivity contribution >= 4 is 41.3 Å². The first-order valence-electron chi connectivity index (χ1n) is 5.10. The molecule has 4 nitrogen and oxygen atoms in total. The lowest BCUT2D eigenvalue weighted by atomic mass is 10.4. The second-order valence-corrected chi connectivity index (χ2v) is 4.82. The van der Waals surface area contributed by atoms with Crippen molar-refractivity contribution in [2.24, 2.45) is 10.7 Å². The Hall–Kier alpha value is -0.370. The SMILES string of the molecule is Cc1ncsc1CN=C(N)N(C)C1CC1.I. The third-order valence-corrected chi connectivity index (χ3v) is 3.61. The van der Waals surface area contributed by atoms with Crippen LogP contribution in [0.25, 0.3) is 0 Å². The minimum absolute atomic E-state index is 0. The topological polar surface area (TPSA) is 54.5 Å². The fourth-order valence-electron chi connectivity index (χ4n) is 1.39. The quantitative estimate of drug-likeness (QED) is 0.514. The van der Waals surface area contributed by atoms with Crippen molar-refractivity contribution in [3.8, 4) is 0 Å². The fourth-order valence-corrected chi connectivity index (χ4v) is 2.09. The van der Waals surface area contributed by atoms with Gasteiger partial charge >= 0.3 is 0 Å². The van der Waals surface area contributed by atoms with Crippen LogP contribution in [0, 0.1) is 6.92 Å². The lowest BCUT2D eigenvalue weighted by Crippen LogP contribution is -2.35. The molecule has 16 heavy (non-hydrogen) atoms. The summed E-state index contributed by atoms with van der Waals surface area (Å²) in [6, 6.07) is 0.622. The molecule has 0 unspecified atom stereocenters. The van der Waals surface area contributed by atoms with Crippen molar-refractivity contribution in [1.29, 1.82) is 0 Å². The highest BCUT2D eigenvalue weighted by molar-refractivity contribution is 14.0. The van der Waals surface area contributed by atoms with Gasteiger partial charge in [0.2, 0.25) is 0 Å². The highest BCUT2D eigenvalue weighted by atomic mass is 127. The molecule has 2 rings (SSSR count). The summed E-state index contributed by atoms with van der Waals surface area (Å²) in [5.74, 6) is 0.644. The molecule has 1 saturated carbocycles. The van der Waals surface area contributed by atoms with Crippen molar-refractivity contribution < 1.29 is 0 Å². The zero-order valence-corrected chi connectivity index (χ0v) is 12.7. The van der Waals surface area contributed by atoms with Gasteiger partial charge in [-0.3, -0.25) is 0 Å². The van der Waals surface area contributed by atoms with E-state index in [1.807, 2.05) is 19.5 Å². The Balaban J connectivity index is 0.00000128. The Labute approximate surface area is 117 Å². The molecule has 1 aliphatic rings. The Kier molecular flexibility index (Phi) is 4.97. The number of hydrogen-bond donors (Lipinski definition) is 1. The number of aliphatic imine (C=N–C) groups is 1. The first kappa shape index (κ1) is 13.7. The minimum Gasteiger partial charge on any atom is -0.370 e. The maximum atomic E-state index is 5.88. The predicted octanol–water partition coefficient (Wildman–Crippen LogP) is 1.98. The number of thiazole rings is 1. The molecular formula is C10H17IN4S. The molecule has 0 spiro atoms. The van der Waals surface area contributed by atoms with E-state index in [2.05, 4.69) is 14.9 Å². The molecule has 0 amide bonds. The van der Waals surface area contributed by atoms with Crippen LogP contribution in [-0.4, -0.2) is 28.9 Å². The van der Waals surface area contributed by atoms with E-state index < -0.39 is 0 Å². The molecule has 1 aromatic heterocycles. The van der Waals surface area contributed by atoms with E-state index in [1.54, 1.807) is 11.3 Å². The monoisotopic (exact) mass is 352 g/mol. The van der Waals surface area contributed by atoms with Crippen molar-refractivity contribution in [3.05, 3.63) is 16.1 Å². The lowest BCUT2D eigenvalue weighted by molar-refractivity contribution is 0.487. The van der Waals surface area contributed by atoms with Crippen LogP contribution in [0.1, 0.15) is 23.4 Å². The van der Waals surface area contributed by atoms with Gasteiger partial charge in [0.25, 0.3) is 0 Å². The zero-order chi connectivity index (χ0) is 10.8. The average molecular weight is 352 g/mol. The molecule has 0 aliphatic heterocycles. The number of guanidine groups is 1. The third kappa shape index (κ3) is 3.31. The van der Waals surface area contributed by atoms with E-state index in [1.165, 1.54) is 17.7 Å². The Morgan fingerprint density at radius 3 is 2.88 bits per heavy atom. The summed E-state index contributed by atoms with van der Waals surface area (Å²) in [6.07, 6.45) is 2.48. The van der Waals surface area contributed by atoms with E-state index in [0.29, 0.717) is 18.5 Å². The van der Waals surface area contributed by atoms with Crippen LogP contribution in [0.4, 0.5) is 0 Å². The summed E-state index contributed by atoms with van der Waals surface area (Å²) in [4.78, 5) is 11.8. The Morgan fingerprint density at radius 2 is 2.38 bits per heavy atom. The smallest absolute Gasteiger partial charge is 0.191 e. The lowest BCUT2D eigenvalue weighted by Gasteiger charge is -2.16. The molecule has 1 aromatic rings. The first-order valence-corrected chi connectivity index (χ1v) is 5.98. The predicted molar refractivity (Wildman–Crippen MR) is 78.4 cm³/mol. The standard InChI is InChI=1S/C10H16N4S.HI/c1-7-9(15-6-13-7)5-12-10(11)14(2)8-3-4-8;/h6,8H,3-5H2,1-2H3,(H2,11,12);1H. The normalized spacial score (nSPS) is 15.8. The molecule has 6 heteroatoms. The molecule has 90 valence electrons. The van der Waals surface area contributed by atoms with E-state index >= 15 is 0 Å². The molecule has 1 heterocycles. The van der Waals surface area contributed by atoms with Crippen LogP contribution < -0.4 is 5.73 Å². The Morgan fingerprint density at radius 1 is 1.69 bits per heavy atom. The fraction of sp³-hybridized carbons (Fsp3) is 0.600. The van der Waals surface area contributed by atoms with Gasteiger partial charge in [-0.2, -0.15) is 0 Å². The van der Waals surface area contributed by atoms with Gasteiger partial charge in [0, 0.05) is 18.0 Å². The number of nitrogens with zero attached hydrogens (tertiary/aromatic N) is 3. The summed E-state index contributed by atoms with van der Waals surface area (Å²) in [6.45, 7) is 2.65. The largest absolute Gasteiger partial charge is 0.370 e. The average Bonchev–Trinajstić information content (AvgIpc) is 2.99. The minimum atomic E-state index is 0. The molecule has 1 aliphatic carbocycles. The van der Waals surface area contributed by atoms with Crippen LogP contribution in [-0.2, 0) is 6.54 Å². The van der Waals surface area contributed by atoms with E-state index in [9.17, 15) is 0 Å². The van der Waals surface area contributed by atoms with E-state index in [-0.39, 0.29) is 24.0 Å². The number of halogens is 1. The Bertz CT molecular complexity index is 373. The van der Waals surface area contributed by atoms with Crippen LogP contribution in [0.2, 0.25) is 0 Å². The summed E-state index contributed by atoms with van der Waals surface area (Å²) < 4.78 is 0. The van der Waals surface area contributed by atoms with Crippen molar-refractivity contribution in [2.75, 3.05) is 7.05 Å². The molecule has 0 bridgehead atoms.